The first-order chi connectivity index (χ1) is 9.22. The van der Waals surface area contributed by atoms with E-state index in [2.05, 4.69) is 5.32 Å². The van der Waals surface area contributed by atoms with E-state index in [0.29, 0.717) is 18.4 Å². The summed E-state index contributed by atoms with van der Waals surface area (Å²) in [6.45, 7) is 0. The van der Waals surface area contributed by atoms with Crippen LogP contribution in [0.3, 0.4) is 0 Å². The molecule has 0 amide bonds. The fourth-order valence-corrected chi connectivity index (χ4v) is 3.77. The van der Waals surface area contributed by atoms with E-state index >= 15 is 0 Å². The van der Waals surface area contributed by atoms with Gasteiger partial charge >= 0.3 is 5.97 Å². The summed E-state index contributed by atoms with van der Waals surface area (Å²) in [6, 6.07) is 9.85. The van der Waals surface area contributed by atoms with Crippen LogP contribution < -0.4 is 5.32 Å². The van der Waals surface area contributed by atoms with E-state index in [1.54, 1.807) is 0 Å². The molecule has 4 atom stereocenters. The zero-order chi connectivity index (χ0) is 13.2. The lowest BCUT2D eigenvalue weighted by Gasteiger charge is -2.26. The van der Waals surface area contributed by atoms with E-state index in [-0.39, 0.29) is 0 Å². The predicted molar refractivity (Wildman–Crippen MR) is 73.9 cm³/mol. The Balaban J connectivity index is 1.63. The molecule has 2 fully saturated rings. The Labute approximate surface area is 114 Å². The summed E-state index contributed by atoms with van der Waals surface area (Å²) >= 11 is 0. The van der Waals surface area contributed by atoms with E-state index < -0.39 is 12.0 Å². The molecule has 102 valence electrons. The number of nitrogens with one attached hydrogen (secondary N) is 1. The molecule has 0 aliphatic heterocycles. The molecule has 2 aliphatic rings. The lowest BCUT2D eigenvalue weighted by molar-refractivity contribution is -0.139. The molecule has 2 saturated carbocycles. The molecule has 2 bridgehead atoms. The highest BCUT2D eigenvalue weighted by Crippen LogP contribution is 2.44. The molecule has 0 radical (unpaired) electrons. The third kappa shape index (κ3) is 2.81. The lowest BCUT2D eigenvalue weighted by Crippen LogP contribution is -2.46. The van der Waals surface area contributed by atoms with Crippen molar-refractivity contribution >= 4 is 5.97 Å². The first-order valence-electron chi connectivity index (χ1n) is 7.25. The van der Waals surface area contributed by atoms with Gasteiger partial charge in [-0.25, -0.2) is 0 Å². The van der Waals surface area contributed by atoms with Crippen molar-refractivity contribution in [1.29, 1.82) is 0 Å². The number of carboxylic acid groups (broad SMARTS) is 1. The molecule has 3 nitrogen and oxygen atoms in total. The minimum atomic E-state index is -0.730. The summed E-state index contributed by atoms with van der Waals surface area (Å²) in [7, 11) is 0. The smallest absolute Gasteiger partial charge is 0.321 e. The van der Waals surface area contributed by atoms with Crippen LogP contribution in [-0.4, -0.2) is 23.2 Å². The van der Waals surface area contributed by atoms with Crippen LogP contribution in [0.5, 0.6) is 0 Å². The minimum absolute atomic E-state index is 0.420. The van der Waals surface area contributed by atoms with Crippen LogP contribution in [0.4, 0.5) is 0 Å². The van der Waals surface area contributed by atoms with E-state index in [1.165, 1.54) is 25.7 Å². The highest BCUT2D eigenvalue weighted by Gasteiger charge is 2.40. The van der Waals surface area contributed by atoms with Crippen LogP contribution in [0, 0.1) is 11.8 Å². The van der Waals surface area contributed by atoms with Crippen molar-refractivity contribution in [2.45, 2.75) is 44.2 Å². The van der Waals surface area contributed by atoms with Crippen molar-refractivity contribution in [2.75, 3.05) is 0 Å². The molecule has 3 heteroatoms. The number of carbonyl (C=O) groups is 1. The maximum Gasteiger partial charge on any atom is 0.321 e. The van der Waals surface area contributed by atoms with Gasteiger partial charge in [-0.2, -0.15) is 0 Å². The van der Waals surface area contributed by atoms with Crippen molar-refractivity contribution in [2.24, 2.45) is 11.8 Å². The van der Waals surface area contributed by atoms with Crippen LogP contribution in [0.25, 0.3) is 0 Å². The molecule has 0 spiro atoms. The quantitative estimate of drug-likeness (QED) is 0.854. The number of aliphatic carboxylic acids is 1. The van der Waals surface area contributed by atoms with Gasteiger partial charge < -0.3 is 10.4 Å². The number of hydrogen-bond donors (Lipinski definition) is 2. The van der Waals surface area contributed by atoms with Gasteiger partial charge in [0.15, 0.2) is 0 Å². The molecule has 3 rings (SSSR count). The molecule has 2 aliphatic carbocycles. The lowest BCUT2D eigenvalue weighted by atomic mass is 9.94. The fourth-order valence-electron chi connectivity index (χ4n) is 3.77. The number of benzene rings is 1. The zero-order valence-electron chi connectivity index (χ0n) is 11.1. The molecule has 0 aromatic heterocycles. The molecule has 19 heavy (non-hydrogen) atoms. The molecule has 1 aromatic carbocycles. The Hall–Kier alpha value is -1.35. The predicted octanol–water partition coefficient (Wildman–Crippen LogP) is 2.46. The Bertz CT molecular complexity index is 445. The Morgan fingerprint density at radius 2 is 2.05 bits per heavy atom. The maximum absolute atomic E-state index is 11.4. The summed E-state index contributed by atoms with van der Waals surface area (Å²) in [5.74, 6) is 0.822. The number of carboxylic acids is 1. The van der Waals surface area contributed by atoms with Gasteiger partial charge in [-0.3, -0.25) is 4.79 Å². The van der Waals surface area contributed by atoms with Crippen molar-refractivity contribution in [3.8, 4) is 0 Å². The van der Waals surface area contributed by atoms with E-state index in [4.69, 9.17) is 0 Å². The topological polar surface area (TPSA) is 49.3 Å². The van der Waals surface area contributed by atoms with Gasteiger partial charge in [0.1, 0.15) is 6.04 Å². The second kappa shape index (κ2) is 5.33. The number of hydrogen-bond acceptors (Lipinski definition) is 2. The van der Waals surface area contributed by atoms with Crippen molar-refractivity contribution < 1.29 is 9.90 Å². The minimum Gasteiger partial charge on any atom is -0.480 e. The molecular formula is C16H21NO2. The maximum atomic E-state index is 11.4. The van der Waals surface area contributed by atoms with E-state index in [9.17, 15) is 9.90 Å². The average Bonchev–Trinajstić information content (AvgIpc) is 3.01. The summed E-state index contributed by atoms with van der Waals surface area (Å²) < 4.78 is 0. The van der Waals surface area contributed by atoms with E-state index in [1.807, 2.05) is 30.3 Å². The van der Waals surface area contributed by atoms with Crippen molar-refractivity contribution in [3.63, 3.8) is 0 Å². The van der Waals surface area contributed by atoms with Crippen LogP contribution in [0.15, 0.2) is 30.3 Å². The Kier molecular flexibility index (Phi) is 3.56. The largest absolute Gasteiger partial charge is 0.480 e. The number of fused-ring (bicyclic) bond motifs is 2. The summed E-state index contributed by atoms with van der Waals surface area (Å²) in [5.41, 5.74) is 1.09. The Morgan fingerprint density at radius 1 is 1.26 bits per heavy atom. The molecular weight excluding hydrogens is 238 g/mol. The normalized spacial score (nSPS) is 30.4. The molecule has 0 saturated heterocycles. The molecule has 0 heterocycles. The summed E-state index contributed by atoms with van der Waals surface area (Å²) in [6.07, 6.45) is 5.67. The second-order valence-corrected chi connectivity index (χ2v) is 6.03. The van der Waals surface area contributed by atoms with Gasteiger partial charge in [-0.15, -0.1) is 0 Å². The van der Waals surface area contributed by atoms with Gasteiger partial charge in [0.05, 0.1) is 0 Å². The average molecular weight is 259 g/mol. The van der Waals surface area contributed by atoms with Gasteiger partial charge in [0.25, 0.3) is 0 Å². The molecule has 3 unspecified atom stereocenters. The zero-order valence-corrected chi connectivity index (χ0v) is 11.1. The summed E-state index contributed by atoms with van der Waals surface area (Å²) in [5, 5.41) is 12.8. The van der Waals surface area contributed by atoms with Gasteiger partial charge in [0.2, 0.25) is 0 Å². The first-order valence-corrected chi connectivity index (χ1v) is 7.25. The van der Waals surface area contributed by atoms with Gasteiger partial charge in [-0.1, -0.05) is 36.8 Å². The molecule has 2 N–H and O–H groups in total. The Morgan fingerprint density at radius 3 is 2.63 bits per heavy atom. The third-order valence-electron chi connectivity index (χ3n) is 4.73. The van der Waals surface area contributed by atoms with Gasteiger partial charge in [0, 0.05) is 6.04 Å². The molecule has 1 aromatic rings. The standard InChI is InChI=1S/C16H21NO2/c18-16(19)15(9-11-4-2-1-3-5-11)17-14-10-12-6-7-13(14)8-12/h1-5,12-15,17H,6-10H2,(H,18,19)/t12?,13?,14?,15-/m0/s1. The first kappa shape index (κ1) is 12.7. The van der Waals surface area contributed by atoms with Crippen molar-refractivity contribution in [1.82, 2.24) is 5.32 Å². The third-order valence-corrected chi connectivity index (χ3v) is 4.73. The van der Waals surface area contributed by atoms with Gasteiger partial charge in [-0.05, 0) is 43.1 Å². The number of rotatable bonds is 5. The van der Waals surface area contributed by atoms with Crippen molar-refractivity contribution in [3.05, 3.63) is 35.9 Å². The van der Waals surface area contributed by atoms with Crippen LogP contribution in [-0.2, 0) is 11.2 Å². The van der Waals surface area contributed by atoms with Crippen LogP contribution >= 0.6 is 0 Å². The highest BCUT2D eigenvalue weighted by atomic mass is 16.4. The second-order valence-electron chi connectivity index (χ2n) is 6.03. The SMILES string of the molecule is O=C(O)[C@H](Cc1ccccc1)NC1CC2CCC1C2. The van der Waals surface area contributed by atoms with E-state index in [0.717, 1.165) is 11.5 Å². The summed E-state index contributed by atoms with van der Waals surface area (Å²) in [4.78, 5) is 11.4. The van der Waals surface area contributed by atoms with Crippen LogP contribution in [0.2, 0.25) is 0 Å². The fraction of sp³-hybridized carbons (Fsp3) is 0.562. The highest BCUT2D eigenvalue weighted by molar-refractivity contribution is 5.74. The monoisotopic (exact) mass is 259 g/mol. The van der Waals surface area contributed by atoms with Crippen LogP contribution in [0.1, 0.15) is 31.2 Å².